The molecule has 2 aromatic carbocycles. The Kier molecular flexibility index (Phi) is 2.52. The normalized spacial score (nSPS) is 36.1. The number of benzene rings is 2. The van der Waals surface area contributed by atoms with Crippen LogP contribution in [-0.4, -0.2) is 5.11 Å². The molecule has 2 aromatic rings. The van der Waals surface area contributed by atoms with Crippen LogP contribution < -0.4 is 0 Å². The van der Waals surface area contributed by atoms with Gasteiger partial charge in [-0.25, -0.2) is 0 Å². The number of rotatable bonds is 1. The Balaban J connectivity index is 1.83. The van der Waals surface area contributed by atoms with Gasteiger partial charge in [-0.3, -0.25) is 0 Å². The molecule has 1 N–H and O–H groups in total. The Hall–Kier alpha value is -1.50. The summed E-state index contributed by atoms with van der Waals surface area (Å²) in [5, 5.41) is 12.7. The van der Waals surface area contributed by atoms with Gasteiger partial charge >= 0.3 is 0 Å². The molecule has 4 atom stereocenters. The van der Waals surface area contributed by atoms with Crippen LogP contribution in [0.15, 0.2) is 30.3 Å². The van der Waals surface area contributed by atoms with Gasteiger partial charge in [0.15, 0.2) is 0 Å². The van der Waals surface area contributed by atoms with E-state index >= 15 is 0 Å². The highest BCUT2D eigenvalue weighted by Gasteiger charge is 2.60. The summed E-state index contributed by atoms with van der Waals surface area (Å²) in [4.78, 5) is 0. The first-order valence-corrected chi connectivity index (χ1v) is 8.93. The van der Waals surface area contributed by atoms with Crippen LogP contribution in [0.2, 0.25) is 0 Å². The number of aryl methyl sites for hydroxylation is 1. The lowest BCUT2D eigenvalue weighted by Crippen LogP contribution is -2.36. The van der Waals surface area contributed by atoms with Crippen LogP contribution in [-0.2, 0) is 5.41 Å². The Bertz CT molecular complexity index is 762. The number of phenols is 1. The van der Waals surface area contributed by atoms with Crippen molar-refractivity contribution in [1.29, 1.82) is 0 Å². The topological polar surface area (TPSA) is 20.2 Å². The van der Waals surface area contributed by atoms with Crippen LogP contribution in [0.4, 0.5) is 0 Å². The summed E-state index contributed by atoms with van der Waals surface area (Å²) < 4.78 is 0. The third kappa shape index (κ3) is 1.41. The zero-order valence-corrected chi connectivity index (χ0v) is 13.3. The zero-order chi connectivity index (χ0) is 14.9. The second-order valence-electron chi connectivity index (χ2n) is 7.94. The quantitative estimate of drug-likeness (QED) is 0.754. The molecule has 0 spiro atoms. The highest BCUT2D eigenvalue weighted by atomic mass is 16.3. The van der Waals surface area contributed by atoms with Crippen molar-refractivity contribution in [3.8, 4) is 5.75 Å². The minimum Gasteiger partial charge on any atom is -0.507 e. The molecule has 1 heteroatoms. The minimum atomic E-state index is 0.418. The van der Waals surface area contributed by atoms with Crippen LogP contribution in [0.5, 0.6) is 5.75 Å². The van der Waals surface area contributed by atoms with Crippen molar-refractivity contribution in [2.75, 3.05) is 0 Å². The van der Waals surface area contributed by atoms with E-state index in [9.17, 15) is 5.11 Å². The maximum atomic E-state index is 10.3. The van der Waals surface area contributed by atoms with Gasteiger partial charge in [0, 0.05) is 10.8 Å². The summed E-state index contributed by atoms with van der Waals surface area (Å²) in [5.41, 5.74) is 3.31. The van der Waals surface area contributed by atoms with Gasteiger partial charge < -0.3 is 5.11 Å². The van der Waals surface area contributed by atoms with E-state index in [1.165, 1.54) is 49.5 Å². The van der Waals surface area contributed by atoms with E-state index in [-0.39, 0.29) is 0 Å². The van der Waals surface area contributed by atoms with Gasteiger partial charge in [0.1, 0.15) is 5.75 Å². The fourth-order valence-corrected chi connectivity index (χ4v) is 6.59. The van der Waals surface area contributed by atoms with Crippen LogP contribution in [0.3, 0.4) is 0 Å². The van der Waals surface area contributed by atoms with E-state index in [2.05, 4.69) is 31.2 Å². The van der Waals surface area contributed by atoms with Gasteiger partial charge in [0.25, 0.3) is 0 Å². The van der Waals surface area contributed by atoms with E-state index in [1.807, 2.05) is 6.07 Å². The van der Waals surface area contributed by atoms with E-state index in [4.69, 9.17) is 0 Å². The number of fused-ring (bicyclic) bond motifs is 6. The molecule has 0 amide bonds. The fourth-order valence-electron chi connectivity index (χ4n) is 6.59. The number of aromatic hydroxyl groups is 1. The lowest BCUT2D eigenvalue weighted by atomic mass is 9.63. The zero-order valence-electron chi connectivity index (χ0n) is 13.3. The Morgan fingerprint density at radius 1 is 1.09 bits per heavy atom. The summed E-state index contributed by atoms with van der Waals surface area (Å²) in [6.45, 7) is 2.21. The molecule has 2 bridgehead atoms. The van der Waals surface area contributed by atoms with Crippen molar-refractivity contribution in [3.05, 3.63) is 41.5 Å². The average molecular weight is 292 g/mol. The molecule has 114 valence electrons. The predicted molar refractivity (Wildman–Crippen MR) is 90.2 cm³/mol. The molecule has 0 aliphatic heterocycles. The molecule has 0 aromatic heterocycles. The van der Waals surface area contributed by atoms with Crippen LogP contribution in [0, 0.1) is 24.7 Å². The van der Waals surface area contributed by atoms with Crippen LogP contribution >= 0.6 is 0 Å². The van der Waals surface area contributed by atoms with Crippen LogP contribution in [0.25, 0.3) is 10.8 Å². The summed E-state index contributed by atoms with van der Waals surface area (Å²) in [5.74, 6) is 3.20. The molecular weight excluding hydrogens is 268 g/mol. The van der Waals surface area contributed by atoms with Crippen LogP contribution in [0.1, 0.15) is 49.7 Å². The maximum Gasteiger partial charge on any atom is 0.123 e. The van der Waals surface area contributed by atoms with Crippen molar-refractivity contribution in [2.24, 2.45) is 17.8 Å². The number of hydrogen-bond acceptors (Lipinski definition) is 1. The summed E-state index contributed by atoms with van der Waals surface area (Å²) in [7, 11) is 0. The molecule has 3 saturated carbocycles. The average Bonchev–Trinajstić information content (AvgIpc) is 3.21. The van der Waals surface area contributed by atoms with E-state index < -0.39 is 0 Å². The van der Waals surface area contributed by atoms with Gasteiger partial charge in [-0.15, -0.1) is 0 Å². The third-order valence-corrected chi connectivity index (χ3v) is 7.27. The molecule has 0 radical (unpaired) electrons. The monoisotopic (exact) mass is 292 g/mol. The van der Waals surface area contributed by atoms with Crippen molar-refractivity contribution < 1.29 is 5.11 Å². The lowest BCUT2D eigenvalue weighted by Gasteiger charge is -2.41. The first kappa shape index (κ1) is 13.0. The second-order valence-corrected chi connectivity index (χ2v) is 7.94. The molecule has 4 unspecified atom stereocenters. The molecule has 1 nitrogen and oxygen atoms in total. The smallest absolute Gasteiger partial charge is 0.123 e. The Morgan fingerprint density at radius 2 is 2.00 bits per heavy atom. The van der Waals surface area contributed by atoms with E-state index in [0.29, 0.717) is 11.2 Å². The standard InChI is InChI=1S/C21H24O/c1-13-4-2-5-16-19(22)10-9-18(20(13)16)21-11-3-6-17(21)14-7-8-15(21)12-14/h2,4-5,9-10,14-15,17,22H,3,6-8,11-12H2,1H3. The number of hydrogen-bond donors (Lipinski definition) is 1. The second kappa shape index (κ2) is 4.28. The van der Waals surface area contributed by atoms with E-state index in [0.717, 1.165) is 23.1 Å². The molecule has 3 fully saturated rings. The van der Waals surface area contributed by atoms with Gasteiger partial charge in [-0.1, -0.05) is 30.7 Å². The number of phenolic OH excluding ortho intramolecular Hbond substituents is 1. The van der Waals surface area contributed by atoms with Gasteiger partial charge in [0.05, 0.1) is 0 Å². The summed E-state index contributed by atoms with van der Waals surface area (Å²) in [6, 6.07) is 10.6. The Morgan fingerprint density at radius 3 is 2.91 bits per heavy atom. The van der Waals surface area contributed by atoms with E-state index in [1.54, 1.807) is 5.56 Å². The molecule has 3 aliphatic rings. The minimum absolute atomic E-state index is 0.418. The SMILES string of the molecule is Cc1cccc2c(O)ccc(C34CCCC3C3CCC4C3)c12. The third-order valence-electron chi connectivity index (χ3n) is 7.27. The van der Waals surface area contributed by atoms with Crippen molar-refractivity contribution in [2.45, 2.75) is 50.9 Å². The lowest BCUT2D eigenvalue weighted by molar-refractivity contribution is 0.206. The summed E-state index contributed by atoms with van der Waals surface area (Å²) in [6.07, 6.45) is 8.54. The first-order chi connectivity index (χ1) is 10.7. The molecule has 3 aliphatic carbocycles. The van der Waals surface area contributed by atoms with Crippen molar-refractivity contribution >= 4 is 10.8 Å². The van der Waals surface area contributed by atoms with Gasteiger partial charge in [0.2, 0.25) is 0 Å². The predicted octanol–water partition coefficient (Wildman–Crippen LogP) is 5.32. The fraction of sp³-hybridized carbons (Fsp3) is 0.524. The highest BCUT2D eigenvalue weighted by molar-refractivity contribution is 5.94. The summed E-state index contributed by atoms with van der Waals surface area (Å²) >= 11 is 0. The molecule has 22 heavy (non-hydrogen) atoms. The highest BCUT2D eigenvalue weighted by Crippen LogP contribution is 2.67. The van der Waals surface area contributed by atoms with Crippen molar-refractivity contribution in [1.82, 2.24) is 0 Å². The maximum absolute atomic E-state index is 10.3. The first-order valence-electron chi connectivity index (χ1n) is 8.93. The van der Waals surface area contributed by atoms with Gasteiger partial charge in [-0.2, -0.15) is 0 Å². The molecule has 0 heterocycles. The Labute approximate surface area is 132 Å². The molecule has 5 rings (SSSR count). The van der Waals surface area contributed by atoms with Crippen molar-refractivity contribution in [3.63, 3.8) is 0 Å². The molecule has 0 saturated heterocycles. The largest absolute Gasteiger partial charge is 0.507 e. The molecular formula is C21H24O. The van der Waals surface area contributed by atoms with Gasteiger partial charge in [-0.05, 0) is 79.4 Å².